The monoisotopic (exact) mass is 573 g/mol. The van der Waals surface area contributed by atoms with Crippen molar-refractivity contribution < 1.29 is 4.79 Å². The van der Waals surface area contributed by atoms with Gasteiger partial charge in [-0.2, -0.15) is 0 Å². The Kier molecular flexibility index (Phi) is 6.85. The predicted octanol–water partition coefficient (Wildman–Crippen LogP) is 8.29. The lowest BCUT2D eigenvalue weighted by Gasteiger charge is -2.35. The number of aryl methyl sites for hydroxylation is 3. The number of carbonyl (C=O) groups excluding carboxylic acids is 1. The van der Waals surface area contributed by atoms with Gasteiger partial charge in [0, 0.05) is 11.6 Å². The molecule has 1 nitrogen and oxygen atoms in total. The fraction of sp³-hybridized carbons (Fsp3) is 0.0732. The molecule has 0 bridgehead atoms. The Hall–Kier alpha value is -4.71. The third kappa shape index (κ3) is 4.53. The maximum atomic E-state index is 11.7. The van der Waals surface area contributed by atoms with Crippen molar-refractivity contribution in [2.45, 2.75) is 20.8 Å². The second-order valence-corrected chi connectivity index (χ2v) is 14.9. The minimum Gasteiger partial charge on any atom is -0.273 e. The van der Waals surface area contributed by atoms with Gasteiger partial charge in [0.15, 0.2) is 0 Å². The molecule has 43 heavy (non-hydrogen) atoms. The molecule has 5 aromatic carbocycles. The summed E-state index contributed by atoms with van der Waals surface area (Å²) < 4.78 is 0. The summed E-state index contributed by atoms with van der Waals surface area (Å²) in [6, 6.07) is 44.4. The SMILES string of the molecule is Cc1ccc(P(=C2C=Cc3ccccc3C2=C2C(=[OH+])C=Cc3ccccc32)(c2ccc(C)cc2)c2ccc(C)cc2)cc1. The Morgan fingerprint density at radius 3 is 1.28 bits per heavy atom. The third-order valence-corrected chi connectivity index (χ3v) is 13.0. The van der Waals surface area contributed by atoms with Crippen LogP contribution in [0, 0.1) is 20.8 Å². The highest BCUT2D eigenvalue weighted by atomic mass is 31.2. The molecule has 0 spiro atoms. The number of hydrogen-bond acceptors (Lipinski definition) is 0. The summed E-state index contributed by atoms with van der Waals surface area (Å²) in [4.78, 5) is 11.7. The summed E-state index contributed by atoms with van der Waals surface area (Å²) in [6.45, 7) is 3.97. The molecule has 2 aliphatic carbocycles. The van der Waals surface area contributed by atoms with Crippen molar-refractivity contribution in [3.8, 4) is 0 Å². The summed E-state index contributed by atoms with van der Waals surface area (Å²) >= 11 is 0. The normalized spacial score (nSPS) is 15.8. The summed E-state index contributed by atoms with van der Waals surface area (Å²) in [5.41, 5.74) is 10.2. The van der Waals surface area contributed by atoms with E-state index in [0.717, 1.165) is 33.4 Å². The van der Waals surface area contributed by atoms with Gasteiger partial charge in [-0.1, -0.05) is 150 Å². The number of benzene rings is 5. The summed E-state index contributed by atoms with van der Waals surface area (Å²) in [6.07, 6.45) is 8.47. The zero-order valence-electron chi connectivity index (χ0n) is 24.8. The first kappa shape index (κ1) is 27.1. The van der Waals surface area contributed by atoms with E-state index < -0.39 is 6.89 Å². The average Bonchev–Trinajstić information content (AvgIpc) is 3.04. The Morgan fingerprint density at radius 2 is 0.814 bits per heavy atom. The summed E-state index contributed by atoms with van der Waals surface area (Å²) in [5.74, 6) is 0.297. The molecule has 208 valence electrons. The molecule has 5 aromatic rings. The molecule has 1 N–H and O–H groups in total. The maximum Gasteiger partial charge on any atom is 0.348 e. The lowest BCUT2D eigenvalue weighted by molar-refractivity contribution is 0.685. The van der Waals surface area contributed by atoms with Crippen LogP contribution in [0.2, 0.25) is 0 Å². The molecule has 0 aromatic heterocycles. The second-order valence-electron chi connectivity index (χ2n) is 11.5. The molecule has 0 amide bonds. The van der Waals surface area contributed by atoms with Crippen LogP contribution in [0.15, 0.2) is 133 Å². The van der Waals surface area contributed by atoms with Gasteiger partial charge in [0.1, 0.15) is 0 Å². The molecular formula is C41H34OP+. The third-order valence-electron chi connectivity index (χ3n) is 8.69. The minimum absolute atomic E-state index is 0.297. The zero-order valence-corrected chi connectivity index (χ0v) is 25.6. The van der Waals surface area contributed by atoms with E-state index in [9.17, 15) is 4.79 Å². The molecule has 2 aliphatic rings. The largest absolute Gasteiger partial charge is 0.348 e. The first-order valence-electron chi connectivity index (χ1n) is 14.8. The van der Waals surface area contributed by atoms with Crippen LogP contribution >= 0.6 is 6.89 Å². The van der Waals surface area contributed by atoms with Crippen LogP contribution in [0.4, 0.5) is 0 Å². The van der Waals surface area contributed by atoms with Gasteiger partial charge in [-0.15, -0.1) is 0 Å². The van der Waals surface area contributed by atoms with E-state index in [-0.39, 0.29) is 0 Å². The van der Waals surface area contributed by atoms with Crippen molar-refractivity contribution in [3.05, 3.63) is 172 Å². The van der Waals surface area contributed by atoms with Gasteiger partial charge < -0.3 is 0 Å². The van der Waals surface area contributed by atoms with Gasteiger partial charge >= 0.3 is 5.78 Å². The van der Waals surface area contributed by atoms with E-state index in [1.807, 2.05) is 12.2 Å². The Labute approximate surface area is 254 Å². The van der Waals surface area contributed by atoms with Crippen LogP contribution in [0.1, 0.15) is 38.9 Å². The molecule has 7 rings (SSSR count). The van der Waals surface area contributed by atoms with Crippen molar-refractivity contribution in [2.75, 3.05) is 0 Å². The Balaban J connectivity index is 1.77. The van der Waals surface area contributed by atoms with E-state index in [1.54, 1.807) is 0 Å². The van der Waals surface area contributed by atoms with Crippen molar-refractivity contribution >= 4 is 57.2 Å². The van der Waals surface area contributed by atoms with Gasteiger partial charge in [-0.3, -0.25) is 4.79 Å². The molecule has 0 radical (unpaired) electrons. The zero-order chi connectivity index (χ0) is 29.6. The van der Waals surface area contributed by atoms with E-state index in [4.69, 9.17) is 0 Å². The van der Waals surface area contributed by atoms with Crippen molar-refractivity contribution in [1.82, 2.24) is 0 Å². The average molecular weight is 574 g/mol. The van der Waals surface area contributed by atoms with Gasteiger partial charge in [-0.25, -0.2) is 0 Å². The number of rotatable bonds is 3. The first-order chi connectivity index (χ1) is 21.0. The highest BCUT2D eigenvalue weighted by molar-refractivity contribution is 7.96. The van der Waals surface area contributed by atoms with Gasteiger partial charge in [0.25, 0.3) is 0 Å². The minimum atomic E-state index is -2.48. The van der Waals surface area contributed by atoms with Crippen molar-refractivity contribution in [1.29, 1.82) is 0 Å². The molecule has 0 aliphatic heterocycles. The summed E-state index contributed by atoms with van der Waals surface area (Å²) in [7, 11) is 0. The van der Waals surface area contributed by atoms with Crippen LogP contribution < -0.4 is 15.9 Å². The van der Waals surface area contributed by atoms with Crippen LogP contribution in [0.25, 0.3) is 23.3 Å². The fourth-order valence-corrected chi connectivity index (χ4v) is 10.9. The molecule has 2 heteroatoms. The smallest absolute Gasteiger partial charge is 0.273 e. The van der Waals surface area contributed by atoms with Crippen LogP contribution in [0.3, 0.4) is 0 Å². The van der Waals surface area contributed by atoms with Crippen LogP contribution in [-0.2, 0) is 0 Å². The number of allylic oxidation sites excluding steroid dienone is 4. The predicted molar refractivity (Wildman–Crippen MR) is 189 cm³/mol. The second kappa shape index (κ2) is 10.8. The lowest BCUT2D eigenvalue weighted by atomic mass is 9.81. The highest BCUT2D eigenvalue weighted by Gasteiger charge is 2.36. The molecular weight excluding hydrogens is 539 g/mol. The molecule has 0 unspecified atom stereocenters. The maximum absolute atomic E-state index is 11.7. The first-order valence-corrected chi connectivity index (χ1v) is 16.6. The Morgan fingerprint density at radius 1 is 0.419 bits per heavy atom. The van der Waals surface area contributed by atoms with E-state index >= 15 is 0 Å². The van der Waals surface area contributed by atoms with E-state index in [0.29, 0.717) is 5.78 Å². The fourth-order valence-electron chi connectivity index (χ4n) is 6.49. The van der Waals surface area contributed by atoms with E-state index in [1.165, 1.54) is 37.9 Å². The van der Waals surface area contributed by atoms with Crippen molar-refractivity contribution in [2.24, 2.45) is 0 Å². The van der Waals surface area contributed by atoms with Crippen LogP contribution in [0.5, 0.6) is 0 Å². The highest BCUT2D eigenvalue weighted by Crippen LogP contribution is 2.52. The van der Waals surface area contributed by atoms with Gasteiger partial charge in [0.2, 0.25) is 0 Å². The van der Waals surface area contributed by atoms with Gasteiger partial charge in [-0.05, 0) is 77.2 Å². The molecule has 0 saturated carbocycles. The lowest BCUT2D eigenvalue weighted by Crippen LogP contribution is -2.31. The number of hydrogen-bond donors (Lipinski definition) is 0. The van der Waals surface area contributed by atoms with Crippen molar-refractivity contribution in [3.63, 3.8) is 0 Å². The standard InChI is InChI=1S/C41H33OP/c1-28-12-20-33(21-13-28)43(34-22-14-29(2)15-23-34,35-24-16-30(3)17-25-35)39-27-19-32-9-5-7-11-37(32)41(39)40-36-10-6-4-8-31(36)18-26-38(40)42/h4-27H,1-3H3/p+1. The van der Waals surface area contributed by atoms with Crippen LogP contribution in [-0.4, -0.2) is 15.9 Å². The van der Waals surface area contributed by atoms with Gasteiger partial charge in [0.05, 0.1) is 5.57 Å². The Bertz CT molecular complexity index is 1920. The number of ketones is 1. The van der Waals surface area contributed by atoms with E-state index in [2.05, 4.69) is 154 Å². The molecule has 0 heterocycles. The number of fused-ring (bicyclic) bond motifs is 2. The molecule has 0 atom stereocenters. The molecule has 0 saturated heterocycles. The quantitative estimate of drug-likeness (QED) is 0.118. The molecule has 0 fully saturated rings. The topological polar surface area (TPSA) is 21.4 Å². The summed E-state index contributed by atoms with van der Waals surface area (Å²) in [5, 5.41) is 5.13.